The molecule has 6 nitrogen and oxygen atoms in total. The Morgan fingerprint density at radius 2 is 2.00 bits per heavy atom. The van der Waals surface area contributed by atoms with Gasteiger partial charge in [0.15, 0.2) is 6.61 Å². The second-order valence-corrected chi connectivity index (χ2v) is 5.41. The zero-order chi connectivity index (χ0) is 16.8. The topological polar surface area (TPSA) is 81.5 Å². The largest absolute Gasteiger partial charge is 0.482 e. The van der Waals surface area contributed by atoms with Gasteiger partial charge in [-0.3, -0.25) is 14.9 Å². The highest BCUT2D eigenvalue weighted by Crippen LogP contribution is 2.28. The summed E-state index contributed by atoms with van der Waals surface area (Å²) in [6, 6.07) is 10.9. The number of nitro groups is 1. The highest BCUT2D eigenvalue weighted by Gasteiger charge is 2.11. The van der Waals surface area contributed by atoms with Gasteiger partial charge in [0.1, 0.15) is 5.75 Å². The van der Waals surface area contributed by atoms with Crippen molar-refractivity contribution in [3.8, 4) is 5.75 Å². The molecule has 23 heavy (non-hydrogen) atoms. The number of rotatable bonds is 6. The summed E-state index contributed by atoms with van der Waals surface area (Å²) in [7, 11) is 0. The minimum absolute atomic E-state index is 0.0711. The number of nitrogens with one attached hydrogen (secondary N) is 1. The molecule has 1 N–H and O–H groups in total. The van der Waals surface area contributed by atoms with E-state index in [4.69, 9.17) is 27.9 Å². The monoisotopic (exact) mass is 354 g/mol. The van der Waals surface area contributed by atoms with Gasteiger partial charge in [-0.2, -0.15) is 0 Å². The number of carbonyl (C=O) groups is 1. The first-order valence-corrected chi connectivity index (χ1v) is 7.29. The highest BCUT2D eigenvalue weighted by atomic mass is 35.5. The van der Waals surface area contributed by atoms with Gasteiger partial charge in [-0.15, -0.1) is 0 Å². The van der Waals surface area contributed by atoms with Crippen molar-refractivity contribution in [1.29, 1.82) is 0 Å². The number of nitrogens with zero attached hydrogens (tertiary/aromatic N) is 1. The second-order valence-electron chi connectivity index (χ2n) is 4.57. The molecule has 0 spiro atoms. The van der Waals surface area contributed by atoms with Gasteiger partial charge in [0.05, 0.1) is 9.95 Å². The van der Waals surface area contributed by atoms with Crippen LogP contribution in [0.4, 0.5) is 5.69 Å². The maximum absolute atomic E-state index is 11.7. The minimum atomic E-state index is -0.562. The summed E-state index contributed by atoms with van der Waals surface area (Å²) in [4.78, 5) is 21.8. The fraction of sp³-hybridized carbons (Fsp3) is 0.133. The van der Waals surface area contributed by atoms with Crippen LogP contribution in [0.15, 0.2) is 42.5 Å². The van der Waals surface area contributed by atoms with Crippen molar-refractivity contribution in [2.24, 2.45) is 0 Å². The van der Waals surface area contributed by atoms with E-state index >= 15 is 0 Å². The third-order valence-corrected chi connectivity index (χ3v) is 3.39. The second kappa shape index (κ2) is 7.80. The number of nitro benzene ring substituents is 1. The van der Waals surface area contributed by atoms with Gasteiger partial charge >= 0.3 is 0 Å². The summed E-state index contributed by atoms with van der Waals surface area (Å²) in [6.45, 7) is 0.0643. The first-order valence-electron chi connectivity index (χ1n) is 6.53. The van der Waals surface area contributed by atoms with Crippen LogP contribution < -0.4 is 10.1 Å². The third-order valence-electron chi connectivity index (χ3n) is 2.86. The lowest BCUT2D eigenvalue weighted by Gasteiger charge is -2.09. The van der Waals surface area contributed by atoms with E-state index < -0.39 is 4.92 Å². The molecule has 0 aliphatic carbocycles. The maximum atomic E-state index is 11.7. The summed E-state index contributed by atoms with van der Waals surface area (Å²) >= 11 is 11.7. The first-order chi connectivity index (χ1) is 11.0. The Bertz CT molecular complexity index is 737. The maximum Gasteiger partial charge on any atom is 0.271 e. The van der Waals surface area contributed by atoms with Gasteiger partial charge in [-0.05, 0) is 23.8 Å². The van der Waals surface area contributed by atoms with Gasteiger partial charge in [0.2, 0.25) is 0 Å². The van der Waals surface area contributed by atoms with E-state index in [0.717, 1.165) is 5.56 Å². The molecule has 0 saturated heterocycles. The van der Waals surface area contributed by atoms with Crippen LogP contribution in [-0.4, -0.2) is 17.4 Å². The molecule has 2 rings (SSSR count). The number of halogens is 2. The Kier molecular flexibility index (Phi) is 5.78. The van der Waals surface area contributed by atoms with Crippen LogP contribution in [0.1, 0.15) is 5.56 Å². The molecule has 0 unspecified atom stereocenters. The Labute approximate surface area is 142 Å². The van der Waals surface area contributed by atoms with Crippen molar-refractivity contribution < 1.29 is 14.5 Å². The summed E-state index contributed by atoms with van der Waals surface area (Å²) < 4.78 is 5.25. The molecule has 0 saturated carbocycles. The van der Waals surface area contributed by atoms with Crippen LogP contribution in [-0.2, 0) is 11.3 Å². The molecule has 0 aromatic heterocycles. The van der Waals surface area contributed by atoms with Crippen LogP contribution in [0.3, 0.4) is 0 Å². The van der Waals surface area contributed by atoms with Crippen molar-refractivity contribution >= 4 is 34.8 Å². The molecule has 0 atom stereocenters. The average Bonchev–Trinajstić information content (AvgIpc) is 2.51. The Hall–Kier alpha value is -2.31. The zero-order valence-corrected chi connectivity index (χ0v) is 13.3. The summed E-state index contributed by atoms with van der Waals surface area (Å²) in [5.74, 6) is -0.144. The van der Waals surface area contributed by atoms with Gasteiger partial charge in [-0.1, -0.05) is 35.3 Å². The quantitative estimate of drug-likeness (QED) is 0.634. The summed E-state index contributed by atoms with van der Waals surface area (Å²) in [6.07, 6.45) is 0. The normalized spacial score (nSPS) is 10.2. The molecule has 0 aliphatic rings. The molecule has 0 bridgehead atoms. The van der Waals surface area contributed by atoms with Crippen molar-refractivity contribution in [3.63, 3.8) is 0 Å². The fourth-order valence-corrected chi connectivity index (χ4v) is 2.20. The molecule has 0 radical (unpaired) electrons. The van der Waals surface area contributed by atoms with Crippen LogP contribution in [0.25, 0.3) is 0 Å². The standard InChI is InChI=1S/C15H12Cl2N2O4/c16-11-3-1-2-10(6-11)8-18-15(20)9-23-14-5-4-12(19(21)22)7-13(14)17/h1-7H,8-9H2,(H,18,20). The molecule has 2 aromatic carbocycles. The van der Waals surface area contributed by atoms with E-state index in [2.05, 4.69) is 5.32 Å². The third kappa shape index (κ3) is 5.12. The van der Waals surface area contributed by atoms with Crippen molar-refractivity contribution in [2.75, 3.05) is 6.61 Å². The van der Waals surface area contributed by atoms with E-state index in [0.29, 0.717) is 11.6 Å². The summed E-state index contributed by atoms with van der Waals surface area (Å²) in [5.41, 5.74) is 0.715. The van der Waals surface area contributed by atoms with E-state index in [1.54, 1.807) is 18.2 Å². The molecular formula is C15H12Cl2N2O4. The van der Waals surface area contributed by atoms with Gasteiger partial charge in [0.25, 0.3) is 11.6 Å². The molecule has 1 amide bonds. The molecule has 2 aromatic rings. The van der Waals surface area contributed by atoms with Crippen molar-refractivity contribution in [2.45, 2.75) is 6.54 Å². The number of amides is 1. The minimum Gasteiger partial charge on any atom is -0.482 e. The Morgan fingerprint density at radius 1 is 1.22 bits per heavy atom. The summed E-state index contributed by atoms with van der Waals surface area (Å²) in [5, 5.41) is 13.9. The van der Waals surface area contributed by atoms with E-state index in [-0.39, 0.29) is 29.0 Å². The number of hydrogen-bond donors (Lipinski definition) is 1. The van der Waals surface area contributed by atoms with Crippen LogP contribution in [0.2, 0.25) is 10.0 Å². The predicted octanol–water partition coefficient (Wildman–Crippen LogP) is 3.60. The molecule has 8 heteroatoms. The number of ether oxygens (including phenoxy) is 1. The van der Waals surface area contributed by atoms with E-state index in [1.807, 2.05) is 6.07 Å². The smallest absolute Gasteiger partial charge is 0.271 e. The lowest BCUT2D eigenvalue weighted by molar-refractivity contribution is -0.384. The van der Waals surface area contributed by atoms with Crippen LogP contribution in [0.5, 0.6) is 5.75 Å². The number of non-ortho nitro benzene ring substituents is 1. The molecule has 0 fully saturated rings. The van der Waals surface area contributed by atoms with Gasteiger partial charge < -0.3 is 10.1 Å². The van der Waals surface area contributed by atoms with E-state index in [1.165, 1.54) is 18.2 Å². The Morgan fingerprint density at radius 3 is 2.65 bits per heavy atom. The molecule has 0 aliphatic heterocycles. The lowest BCUT2D eigenvalue weighted by Crippen LogP contribution is -2.28. The molecular weight excluding hydrogens is 343 g/mol. The van der Waals surface area contributed by atoms with Crippen LogP contribution in [0, 0.1) is 10.1 Å². The fourth-order valence-electron chi connectivity index (χ4n) is 1.76. The molecule has 0 heterocycles. The number of carbonyl (C=O) groups excluding carboxylic acids is 1. The number of benzene rings is 2. The van der Waals surface area contributed by atoms with Gasteiger partial charge in [0, 0.05) is 23.7 Å². The van der Waals surface area contributed by atoms with E-state index in [9.17, 15) is 14.9 Å². The SMILES string of the molecule is O=C(COc1ccc([N+](=O)[O-])cc1Cl)NCc1cccc(Cl)c1. The van der Waals surface area contributed by atoms with Crippen molar-refractivity contribution in [1.82, 2.24) is 5.32 Å². The number of hydrogen-bond acceptors (Lipinski definition) is 4. The average molecular weight is 355 g/mol. The van der Waals surface area contributed by atoms with Gasteiger partial charge in [-0.25, -0.2) is 0 Å². The first kappa shape index (κ1) is 17.1. The van der Waals surface area contributed by atoms with Crippen molar-refractivity contribution in [3.05, 3.63) is 68.2 Å². The molecule has 120 valence electrons. The zero-order valence-electron chi connectivity index (χ0n) is 11.8. The highest BCUT2D eigenvalue weighted by molar-refractivity contribution is 6.32. The predicted molar refractivity (Wildman–Crippen MR) is 86.9 cm³/mol. The lowest BCUT2D eigenvalue weighted by atomic mass is 10.2. The van der Waals surface area contributed by atoms with Crippen LogP contribution >= 0.6 is 23.2 Å². The Balaban J connectivity index is 1.86.